The first-order valence-corrected chi connectivity index (χ1v) is 10.7. The molecule has 2 aromatic heterocycles. The summed E-state index contributed by atoms with van der Waals surface area (Å²) in [5, 5.41) is 13.9. The van der Waals surface area contributed by atoms with E-state index in [0.717, 1.165) is 23.7 Å². The first-order valence-electron chi connectivity index (χ1n) is 10.7. The van der Waals surface area contributed by atoms with Crippen molar-refractivity contribution in [2.75, 3.05) is 19.6 Å². The van der Waals surface area contributed by atoms with Crippen molar-refractivity contribution < 1.29 is 9.59 Å². The summed E-state index contributed by atoms with van der Waals surface area (Å²) in [6.45, 7) is 2.41. The molecule has 10 heteroatoms. The molecule has 2 aromatic rings. The van der Waals surface area contributed by atoms with E-state index in [1.165, 1.54) is 0 Å². The van der Waals surface area contributed by atoms with E-state index in [1.807, 2.05) is 29.4 Å². The van der Waals surface area contributed by atoms with Gasteiger partial charge in [-0.3, -0.25) is 20.0 Å². The Morgan fingerprint density at radius 3 is 2.81 bits per heavy atom. The lowest BCUT2D eigenvalue weighted by atomic mass is 10.0. The van der Waals surface area contributed by atoms with Crippen LogP contribution in [0.2, 0.25) is 0 Å². The van der Waals surface area contributed by atoms with Gasteiger partial charge in [-0.25, -0.2) is 0 Å². The number of amides is 2. The fourth-order valence-corrected chi connectivity index (χ4v) is 3.86. The van der Waals surface area contributed by atoms with E-state index in [0.29, 0.717) is 45.4 Å². The van der Waals surface area contributed by atoms with Crippen molar-refractivity contribution in [2.24, 2.45) is 11.5 Å². The van der Waals surface area contributed by atoms with Crippen LogP contribution < -0.4 is 22.1 Å². The molecule has 7 N–H and O–H groups in total. The number of piperidine rings is 1. The number of carbonyl (C=O) groups is 2. The molecule has 1 fully saturated rings. The molecule has 10 nitrogen and oxygen atoms in total. The van der Waals surface area contributed by atoms with E-state index in [-0.39, 0.29) is 23.8 Å². The molecule has 1 saturated heterocycles. The number of fused-ring (bicyclic) bond motifs is 1. The van der Waals surface area contributed by atoms with Crippen LogP contribution in [0.3, 0.4) is 0 Å². The molecule has 0 bridgehead atoms. The number of nitrogens with one attached hydrogen (secondary N) is 3. The van der Waals surface area contributed by atoms with Gasteiger partial charge in [-0.2, -0.15) is 0 Å². The predicted octanol–water partition coefficient (Wildman–Crippen LogP) is 0.124. The molecule has 1 aliphatic rings. The summed E-state index contributed by atoms with van der Waals surface area (Å²) in [6, 6.07) is 3.44. The number of aromatic nitrogens is 2. The number of rotatable bonds is 9. The van der Waals surface area contributed by atoms with Gasteiger partial charge in [0.1, 0.15) is 0 Å². The van der Waals surface area contributed by atoms with Crippen molar-refractivity contribution in [3.05, 3.63) is 30.7 Å². The van der Waals surface area contributed by atoms with E-state index in [9.17, 15) is 9.59 Å². The highest BCUT2D eigenvalue weighted by atomic mass is 16.2. The van der Waals surface area contributed by atoms with Crippen molar-refractivity contribution in [3.8, 4) is 0 Å². The van der Waals surface area contributed by atoms with Crippen LogP contribution >= 0.6 is 0 Å². The molecule has 2 amide bonds. The summed E-state index contributed by atoms with van der Waals surface area (Å²) in [5.74, 6) is -0.121. The zero-order valence-corrected chi connectivity index (χ0v) is 17.7. The van der Waals surface area contributed by atoms with Gasteiger partial charge in [0, 0.05) is 56.4 Å². The molecule has 0 aromatic carbocycles. The van der Waals surface area contributed by atoms with E-state index in [2.05, 4.69) is 20.2 Å². The minimum atomic E-state index is -0.584. The lowest BCUT2D eigenvalue weighted by molar-refractivity contribution is -0.132. The van der Waals surface area contributed by atoms with Gasteiger partial charge < -0.3 is 31.6 Å². The fraction of sp³-hybridized carbons (Fsp3) is 0.524. The average Bonchev–Trinajstić information content (AvgIpc) is 3.18. The summed E-state index contributed by atoms with van der Waals surface area (Å²) in [4.78, 5) is 30.9. The van der Waals surface area contributed by atoms with Crippen molar-refractivity contribution >= 4 is 28.7 Å². The second kappa shape index (κ2) is 10.8. The number of nitrogens with two attached hydrogens (primary N) is 2. The highest BCUT2D eigenvalue weighted by molar-refractivity contribution is 5.82. The van der Waals surface area contributed by atoms with Gasteiger partial charge in [0.15, 0.2) is 5.96 Å². The smallest absolute Gasteiger partial charge is 0.237 e. The lowest BCUT2D eigenvalue weighted by Gasteiger charge is -2.33. The zero-order valence-electron chi connectivity index (χ0n) is 17.7. The monoisotopic (exact) mass is 428 g/mol. The molecule has 3 heterocycles. The maximum Gasteiger partial charge on any atom is 0.237 e. The van der Waals surface area contributed by atoms with Gasteiger partial charge in [0.25, 0.3) is 0 Å². The third kappa shape index (κ3) is 6.42. The molecule has 0 aliphatic carbocycles. The highest BCUT2D eigenvalue weighted by Crippen LogP contribution is 2.16. The minimum Gasteiger partial charge on any atom is -0.370 e. The van der Waals surface area contributed by atoms with Crippen LogP contribution in [0.1, 0.15) is 32.1 Å². The number of carbonyl (C=O) groups excluding carboxylic acids is 2. The molecule has 168 valence electrons. The van der Waals surface area contributed by atoms with Crippen LogP contribution in [0.25, 0.3) is 10.9 Å². The standard InChI is InChI=1S/C21H32N8O2/c22-17(2-1-8-26-21(23)24)20(31)27-16-5-11-29(12-6-16)19(30)7-13-28-10-4-15-3-9-25-14-18(15)28/h3-4,9-10,14,16-17H,1-2,5-8,11-13,22H2,(H,27,31)(H4,23,24,26). The Balaban J connectivity index is 1.36. The Labute approximate surface area is 181 Å². The zero-order chi connectivity index (χ0) is 22.2. The van der Waals surface area contributed by atoms with Crippen LogP contribution in [-0.2, 0) is 16.1 Å². The van der Waals surface area contributed by atoms with Crippen LogP contribution in [0.5, 0.6) is 0 Å². The van der Waals surface area contributed by atoms with Crippen LogP contribution in [0.4, 0.5) is 0 Å². The predicted molar refractivity (Wildman–Crippen MR) is 119 cm³/mol. The summed E-state index contributed by atoms with van der Waals surface area (Å²) >= 11 is 0. The number of hydrogen-bond acceptors (Lipinski definition) is 5. The van der Waals surface area contributed by atoms with Gasteiger partial charge in [-0.1, -0.05) is 0 Å². The van der Waals surface area contributed by atoms with E-state index >= 15 is 0 Å². The van der Waals surface area contributed by atoms with Crippen LogP contribution in [-0.4, -0.2) is 63.9 Å². The Bertz CT molecular complexity index is 904. The number of pyridine rings is 1. The fourth-order valence-electron chi connectivity index (χ4n) is 3.86. The van der Waals surface area contributed by atoms with E-state index in [4.69, 9.17) is 16.9 Å². The molecule has 1 atom stereocenters. The summed E-state index contributed by atoms with van der Waals surface area (Å²) in [6.07, 6.45) is 8.65. The Morgan fingerprint density at radius 2 is 2.06 bits per heavy atom. The second-order valence-electron chi connectivity index (χ2n) is 7.95. The summed E-state index contributed by atoms with van der Waals surface area (Å²) in [5.41, 5.74) is 12.2. The molecule has 0 radical (unpaired) electrons. The molecular formula is C21H32N8O2. The SMILES string of the molecule is N=C(N)NCCCC(N)C(=O)NC1CCN(C(=O)CCn2ccc3ccncc32)CC1. The van der Waals surface area contributed by atoms with Crippen molar-refractivity contribution in [1.82, 2.24) is 25.1 Å². The number of nitrogens with zero attached hydrogens (tertiary/aromatic N) is 3. The van der Waals surface area contributed by atoms with Gasteiger partial charge in [0.2, 0.25) is 11.8 Å². The van der Waals surface area contributed by atoms with Gasteiger partial charge >= 0.3 is 0 Å². The lowest BCUT2D eigenvalue weighted by Crippen LogP contribution is -2.50. The number of aryl methyl sites for hydroxylation is 1. The average molecular weight is 429 g/mol. The number of hydrogen-bond donors (Lipinski definition) is 5. The normalized spacial score (nSPS) is 15.6. The number of likely N-dealkylation sites (tertiary alicyclic amines) is 1. The van der Waals surface area contributed by atoms with Crippen LogP contribution in [0.15, 0.2) is 30.7 Å². The van der Waals surface area contributed by atoms with Crippen molar-refractivity contribution in [3.63, 3.8) is 0 Å². The van der Waals surface area contributed by atoms with Gasteiger partial charge in [-0.05, 0) is 37.8 Å². The van der Waals surface area contributed by atoms with E-state index < -0.39 is 6.04 Å². The van der Waals surface area contributed by atoms with Gasteiger partial charge in [0.05, 0.1) is 17.8 Å². The summed E-state index contributed by atoms with van der Waals surface area (Å²) < 4.78 is 2.06. The molecule has 31 heavy (non-hydrogen) atoms. The third-order valence-corrected chi connectivity index (χ3v) is 5.68. The largest absolute Gasteiger partial charge is 0.370 e. The molecule has 3 rings (SSSR count). The molecular weight excluding hydrogens is 396 g/mol. The van der Waals surface area contributed by atoms with E-state index in [1.54, 1.807) is 6.20 Å². The first kappa shape index (κ1) is 22.5. The maximum absolute atomic E-state index is 12.6. The Hall–Kier alpha value is -3.14. The first-order chi connectivity index (χ1) is 14.9. The second-order valence-corrected chi connectivity index (χ2v) is 7.95. The quantitative estimate of drug-likeness (QED) is 0.217. The summed E-state index contributed by atoms with van der Waals surface area (Å²) in [7, 11) is 0. The van der Waals surface area contributed by atoms with Crippen LogP contribution in [0, 0.1) is 5.41 Å². The molecule has 0 saturated carbocycles. The van der Waals surface area contributed by atoms with Crippen molar-refractivity contribution in [2.45, 2.75) is 50.7 Å². The van der Waals surface area contributed by atoms with Gasteiger partial charge in [-0.15, -0.1) is 0 Å². The minimum absolute atomic E-state index is 0.0393. The topological polar surface area (TPSA) is 155 Å². The third-order valence-electron chi connectivity index (χ3n) is 5.68. The Kier molecular flexibility index (Phi) is 7.82. The molecule has 0 spiro atoms. The maximum atomic E-state index is 12.6. The Morgan fingerprint density at radius 1 is 1.29 bits per heavy atom. The highest BCUT2D eigenvalue weighted by Gasteiger charge is 2.25. The number of guanidine groups is 1. The van der Waals surface area contributed by atoms with Crippen molar-refractivity contribution in [1.29, 1.82) is 5.41 Å². The molecule has 1 unspecified atom stereocenters. The molecule has 1 aliphatic heterocycles.